The number of benzene rings is 1. The monoisotopic (exact) mass is 279 g/mol. The van der Waals surface area contributed by atoms with Gasteiger partial charge < -0.3 is 4.98 Å². The van der Waals surface area contributed by atoms with Gasteiger partial charge in [0.1, 0.15) is 6.54 Å². The highest BCUT2D eigenvalue weighted by atomic mass is 16.1. The fourth-order valence-electron chi connectivity index (χ4n) is 4.37. The SMILES string of the molecule is C[C@]12CCCN1CC1=NCC(=O)c3cccc4[nH]c2c1c34. The molecular weight excluding hydrogens is 262 g/mol. The van der Waals surface area contributed by atoms with Crippen molar-refractivity contribution in [3.05, 3.63) is 35.0 Å². The third-order valence-corrected chi connectivity index (χ3v) is 5.50. The van der Waals surface area contributed by atoms with Gasteiger partial charge in [-0.25, -0.2) is 0 Å². The average molecular weight is 279 g/mol. The van der Waals surface area contributed by atoms with E-state index in [0.29, 0.717) is 0 Å². The normalized spacial score (nSPS) is 27.7. The standard InChI is InChI=1S/C17H17N3O/c1-17-6-3-7-20(17)9-12-15-14-10(13(21)8-18-12)4-2-5-11(14)19-16(15)17/h2,4-5,19H,3,6-9H2,1H3/t17-/m1/s1. The van der Waals surface area contributed by atoms with Crippen LogP contribution in [0, 0.1) is 0 Å². The van der Waals surface area contributed by atoms with Crippen LogP contribution in [0.4, 0.5) is 0 Å². The zero-order valence-corrected chi connectivity index (χ0v) is 12.1. The zero-order valence-electron chi connectivity index (χ0n) is 12.1. The summed E-state index contributed by atoms with van der Waals surface area (Å²) in [6.07, 6.45) is 2.40. The van der Waals surface area contributed by atoms with Crippen molar-refractivity contribution in [2.45, 2.75) is 25.3 Å². The summed E-state index contributed by atoms with van der Waals surface area (Å²) < 4.78 is 0. The summed E-state index contributed by atoms with van der Waals surface area (Å²) in [7, 11) is 0. The number of aromatic nitrogens is 1. The van der Waals surface area contributed by atoms with Crippen molar-refractivity contribution in [2.75, 3.05) is 19.6 Å². The lowest BCUT2D eigenvalue weighted by atomic mass is 9.85. The largest absolute Gasteiger partial charge is 0.356 e. The molecule has 1 N–H and O–H groups in total. The van der Waals surface area contributed by atoms with E-state index in [0.717, 1.165) is 35.3 Å². The average Bonchev–Trinajstić information content (AvgIpc) is 3.01. The van der Waals surface area contributed by atoms with E-state index in [4.69, 9.17) is 0 Å². The molecule has 1 aromatic carbocycles. The van der Waals surface area contributed by atoms with E-state index in [1.54, 1.807) is 0 Å². The summed E-state index contributed by atoms with van der Waals surface area (Å²) in [6.45, 7) is 4.60. The third-order valence-electron chi connectivity index (χ3n) is 5.50. The summed E-state index contributed by atoms with van der Waals surface area (Å²) >= 11 is 0. The van der Waals surface area contributed by atoms with Gasteiger partial charge >= 0.3 is 0 Å². The number of nitrogens with one attached hydrogen (secondary N) is 1. The minimum Gasteiger partial charge on any atom is -0.356 e. The van der Waals surface area contributed by atoms with Crippen LogP contribution in [-0.4, -0.2) is 41.0 Å². The first-order valence-electron chi connectivity index (χ1n) is 7.65. The molecule has 0 bridgehead atoms. The van der Waals surface area contributed by atoms with Crippen LogP contribution in [0.5, 0.6) is 0 Å². The first kappa shape index (κ1) is 11.7. The van der Waals surface area contributed by atoms with Crippen molar-refractivity contribution in [1.82, 2.24) is 9.88 Å². The van der Waals surface area contributed by atoms with Crippen molar-refractivity contribution in [1.29, 1.82) is 0 Å². The Kier molecular flexibility index (Phi) is 2.02. The minimum atomic E-state index is 0.0675. The minimum absolute atomic E-state index is 0.0675. The molecule has 0 radical (unpaired) electrons. The lowest BCUT2D eigenvalue weighted by molar-refractivity contribution is 0.100. The van der Waals surface area contributed by atoms with Crippen LogP contribution >= 0.6 is 0 Å². The van der Waals surface area contributed by atoms with Gasteiger partial charge in [0, 0.05) is 34.3 Å². The number of ketones is 1. The van der Waals surface area contributed by atoms with Crippen LogP contribution in [0.25, 0.3) is 10.9 Å². The highest BCUT2D eigenvalue weighted by Crippen LogP contribution is 2.46. The van der Waals surface area contributed by atoms with Gasteiger partial charge in [-0.3, -0.25) is 14.7 Å². The van der Waals surface area contributed by atoms with Gasteiger partial charge in [-0.2, -0.15) is 0 Å². The van der Waals surface area contributed by atoms with Gasteiger partial charge in [-0.15, -0.1) is 0 Å². The Balaban J connectivity index is 1.95. The second-order valence-corrected chi connectivity index (χ2v) is 6.59. The Bertz CT molecular complexity index is 832. The molecule has 1 fully saturated rings. The number of hydrogen-bond acceptors (Lipinski definition) is 3. The molecule has 1 atom stereocenters. The summed E-state index contributed by atoms with van der Waals surface area (Å²) in [5.74, 6) is 0.134. The van der Waals surface area contributed by atoms with Crippen LogP contribution in [0.15, 0.2) is 23.2 Å². The molecule has 4 heterocycles. The number of carbonyl (C=O) groups is 1. The van der Waals surface area contributed by atoms with E-state index in [9.17, 15) is 4.79 Å². The van der Waals surface area contributed by atoms with Crippen LogP contribution in [0.1, 0.15) is 41.4 Å². The first-order chi connectivity index (χ1) is 10.2. The molecule has 0 unspecified atom stereocenters. The molecule has 21 heavy (non-hydrogen) atoms. The number of aliphatic imine (C=N–C) groups is 1. The summed E-state index contributed by atoms with van der Waals surface area (Å²) in [5.41, 5.74) is 5.55. The van der Waals surface area contributed by atoms with Crippen molar-refractivity contribution in [3.8, 4) is 0 Å². The molecule has 3 aliphatic heterocycles. The Morgan fingerprint density at radius 1 is 1.38 bits per heavy atom. The fraction of sp³-hybridized carbons (Fsp3) is 0.412. The van der Waals surface area contributed by atoms with Crippen LogP contribution in [0.2, 0.25) is 0 Å². The van der Waals surface area contributed by atoms with Crippen molar-refractivity contribution in [3.63, 3.8) is 0 Å². The third kappa shape index (κ3) is 1.29. The second kappa shape index (κ2) is 3.63. The number of aromatic amines is 1. The van der Waals surface area contributed by atoms with E-state index >= 15 is 0 Å². The first-order valence-corrected chi connectivity index (χ1v) is 7.65. The van der Waals surface area contributed by atoms with E-state index < -0.39 is 0 Å². The number of rotatable bonds is 0. The lowest BCUT2D eigenvalue weighted by Crippen LogP contribution is -2.47. The molecular formula is C17H17N3O. The lowest BCUT2D eigenvalue weighted by Gasteiger charge is -2.39. The maximum Gasteiger partial charge on any atom is 0.184 e. The number of H-pyrrole nitrogens is 1. The molecule has 3 aliphatic rings. The van der Waals surface area contributed by atoms with Crippen LogP contribution in [0.3, 0.4) is 0 Å². The number of carbonyl (C=O) groups excluding carboxylic acids is 1. The fourth-order valence-corrected chi connectivity index (χ4v) is 4.37. The Morgan fingerprint density at radius 2 is 2.29 bits per heavy atom. The van der Waals surface area contributed by atoms with Gasteiger partial charge in [-0.05, 0) is 32.4 Å². The molecule has 0 spiro atoms. The smallest absolute Gasteiger partial charge is 0.184 e. The molecule has 1 saturated heterocycles. The predicted octanol–water partition coefficient (Wildman–Crippen LogP) is 2.48. The van der Waals surface area contributed by atoms with E-state index in [1.165, 1.54) is 24.1 Å². The summed E-state index contributed by atoms with van der Waals surface area (Å²) in [4.78, 5) is 23.1. The maximum atomic E-state index is 12.4. The molecule has 2 aromatic rings. The highest BCUT2D eigenvalue weighted by Gasteiger charge is 2.46. The Hall–Kier alpha value is -1.94. The molecule has 106 valence electrons. The van der Waals surface area contributed by atoms with E-state index in [-0.39, 0.29) is 17.9 Å². The molecule has 0 saturated carbocycles. The molecule has 0 amide bonds. The van der Waals surface area contributed by atoms with Crippen molar-refractivity contribution < 1.29 is 4.79 Å². The second-order valence-electron chi connectivity index (χ2n) is 6.59. The zero-order chi connectivity index (χ0) is 14.2. The van der Waals surface area contributed by atoms with Gasteiger partial charge in [0.05, 0.1) is 11.3 Å². The van der Waals surface area contributed by atoms with Crippen LogP contribution < -0.4 is 0 Å². The number of hydrogen-bond donors (Lipinski definition) is 1. The number of nitrogens with zero attached hydrogens (tertiary/aromatic N) is 2. The van der Waals surface area contributed by atoms with Crippen molar-refractivity contribution >= 4 is 22.4 Å². The number of fused-ring (bicyclic) bond motifs is 2. The molecule has 5 rings (SSSR count). The molecule has 4 heteroatoms. The quantitative estimate of drug-likeness (QED) is 0.805. The molecule has 4 nitrogen and oxygen atoms in total. The molecule has 0 aliphatic carbocycles. The molecule has 1 aromatic heterocycles. The Labute approximate surface area is 122 Å². The van der Waals surface area contributed by atoms with E-state index in [1.807, 2.05) is 12.1 Å². The van der Waals surface area contributed by atoms with Gasteiger partial charge in [0.2, 0.25) is 0 Å². The van der Waals surface area contributed by atoms with Crippen LogP contribution in [-0.2, 0) is 5.54 Å². The van der Waals surface area contributed by atoms with Gasteiger partial charge in [-0.1, -0.05) is 12.1 Å². The number of Topliss-reactive ketones (excluding diaryl/α,β-unsaturated/α-hetero) is 1. The Morgan fingerprint density at radius 3 is 3.19 bits per heavy atom. The topological polar surface area (TPSA) is 48.5 Å². The summed E-state index contributed by atoms with van der Waals surface area (Å²) in [6, 6.07) is 5.99. The summed E-state index contributed by atoms with van der Waals surface area (Å²) in [5, 5.41) is 1.10. The highest BCUT2D eigenvalue weighted by molar-refractivity contribution is 6.22. The predicted molar refractivity (Wildman–Crippen MR) is 82.2 cm³/mol. The maximum absolute atomic E-state index is 12.4. The van der Waals surface area contributed by atoms with E-state index in [2.05, 4.69) is 27.9 Å². The van der Waals surface area contributed by atoms with Gasteiger partial charge in [0.25, 0.3) is 0 Å². The van der Waals surface area contributed by atoms with Gasteiger partial charge in [0.15, 0.2) is 5.78 Å². The van der Waals surface area contributed by atoms with Crippen molar-refractivity contribution in [2.24, 2.45) is 4.99 Å².